The molecule has 0 saturated carbocycles. The molecule has 1 aliphatic heterocycles. The molecule has 11 heteroatoms. The highest BCUT2D eigenvalue weighted by atomic mass is 35.5. The molecule has 0 radical (unpaired) electrons. The summed E-state index contributed by atoms with van der Waals surface area (Å²) < 4.78 is 41.0. The van der Waals surface area contributed by atoms with Gasteiger partial charge in [-0.15, -0.1) is 0 Å². The molecule has 3 heterocycles. The van der Waals surface area contributed by atoms with Crippen molar-refractivity contribution < 1.29 is 22.8 Å². The maximum Gasteiger partial charge on any atom is 0.417 e. The Morgan fingerprint density at radius 2 is 1.89 bits per heavy atom. The Balaban J connectivity index is 1.66. The molecule has 1 aliphatic rings. The van der Waals surface area contributed by atoms with Gasteiger partial charge in [0.2, 0.25) is 0 Å². The normalized spacial score (nSPS) is 16.1. The number of fused-ring (bicyclic) bond motifs is 1. The van der Waals surface area contributed by atoms with Crippen LogP contribution in [0.3, 0.4) is 0 Å². The van der Waals surface area contributed by atoms with Gasteiger partial charge < -0.3 is 10.2 Å². The summed E-state index contributed by atoms with van der Waals surface area (Å²) in [7, 11) is 0. The third kappa shape index (κ3) is 5.49. The van der Waals surface area contributed by atoms with Crippen LogP contribution in [0.4, 0.5) is 24.7 Å². The second-order valence-corrected chi connectivity index (χ2v) is 10.7. The van der Waals surface area contributed by atoms with E-state index in [1.165, 1.54) is 17.2 Å². The third-order valence-corrected chi connectivity index (χ3v) is 6.23. The van der Waals surface area contributed by atoms with Gasteiger partial charge in [-0.1, -0.05) is 11.6 Å². The van der Waals surface area contributed by atoms with Gasteiger partial charge in [0.1, 0.15) is 11.5 Å². The van der Waals surface area contributed by atoms with Crippen LogP contribution in [0, 0.1) is 6.92 Å². The molecule has 2 aromatic heterocycles. The molecule has 4 rings (SSSR count). The summed E-state index contributed by atoms with van der Waals surface area (Å²) in [5, 5.41) is 7.09. The second-order valence-electron chi connectivity index (χ2n) is 10.3. The largest absolute Gasteiger partial charge is 0.417 e. The van der Waals surface area contributed by atoms with E-state index in [2.05, 4.69) is 15.4 Å². The number of hydrogen-bond acceptors (Lipinski definition) is 5. The smallest absolute Gasteiger partial charge is 0.365 e. The Hall–Kier alpha value is -3.40. The van der Waals surface area contributed by atoms with E-state index >= 15 is 0 Å². The van der Waals surface area contributed by atoms with Gasteiger partial charge in [-0.2, -0.15) is 18.3 Å². The molecule has 1 N–H and O–H groups in total. The Kier molecular flexibility index (Phi) is 6.83. The van der Waals surface area contributed by atoms with Crippen LogP contribution in [0.1, 0.15) is 71.3 Å². The monoisotopic (exact) mass is 533 g/mol. The lowest BCUT2D eigenvalue weighted by atomic mass is 10.00. The zero-order chi connectivity index (χ0) is 27.3. The predicted molar refractivity (Wildman–Crippen MR) is 135 cm³/mol. The predicted octanol–water partition coefficient (Wildman–Crippen LogP) is 6.12. The van der Waals surface area contributed by atoms with Crippen molar-refractivity contribution in [2.75, 3.05) is 16.8 Å². The average Bonchev–Trinajstić information content (AvgIpc) is 3.20. The maximum absolute atomic E-state index is 13.5. The molecule has 0 fully saturated rings. The highest BCUT2D eigenvalue weighted by molar-refractivity contribution is 6.31. The number of pyridine rings is 1. The number of amides is 1. The standard InChI is InChI=1S/C26H27ClF3N5O2/c1-14-8-18(23(31-11-14)33-25(3,4)5)21(36)9-16-12-32-35-15(2)13-34(24(37)22(16)35)17-6-7-19(20(27)10-17)26(28,29)30/h6-8,10-12,15H,9,13H2,1-5H3,(H,31,33)/t15-/m0/s1. The second kappa shape index (κ2) is 9.48. The fourth-order valence-corrected chi connectivity index (χ4v) is 4.56. The minimum absolute atomic E-state index is 0.0979. The Bertz CT molecular complexity index is 1380. The highest BCUT2D eigenvalue weighted by Crippen LogP contribution is 2.38. The van der Waals surface area contributed by atoms with E-state index in [0.29, 0.717) is 16.9 Å². The zero-order valence-electron chi connectivity index (χ0n) is 21.1. The first kappa shape index (κ1) is 26.7. The van der Waals surface area contributed by atoms with E-state index in [9.17, 15) is 22.8 Å². The fourth-order valence-electron chi connectivity index (χ4n) is 4.28. The molecule has 1 atom stereocenters. The topological polar surface area (TPSA) is 80.1 Å². The van der Waals surface area contributed by atoms with Crippen LogP contribution in [0.5, 0.6) is 0 Å². The van der Waals surface area contributed by atoms with Crippen LogP contribution < -0.4 is 10.2 Å². The van der Waals surface area contributed by atoms with E-state index < -0.39 is 22.7 Å². The summed E-state index contributed by atoms with van der Waals surface area (Å²) in [5.41, 5.74) is 0.787. The summed E-state index contributed by atoms with van der Waals surface area (Å²) in [6.45, 7) is 9.73. The van der Waals surface area contributed by atoms with Crippen molar-refractivity contribution in [3.8, 4) is 0 Å². The Morgan fingerprint density at radius 1 is 1.19 bits per heavy atom. The molecule has 37 heavy (non-hydrogen) atoms. The average molecular weight is 534 g/mol. The molecule has 0 unspecified atom stereocenters. The molecule has 0 aliphatic carbocycles. The number of nitrogens with one attached hydrogen (secondary N) is 1. The van der Waals surface area contributed by atoms with Gasteiger partial charge >= 0.3 is 6.18 Å². The number of ketones is 1. The van der Waals surface area contributed by atoms with Crippen molar-refractivity contribution in [1.82, 2.24) is 14.8 Å². The number of carbonyl (C=O) groups excluding carboxylic acids is 2. The van der Waals surface area contributed by atoms with Crippen molar-refractivity contribution in [3.05, 3.63) is 69.6 Å². The van der Waals surface area contributed by atoms with Gasteiger partial charge in [0.05, 0.1) is 28.4 Å². The number of alkyl halides is 3. The number of rotatable bonds is 5. The SMILES string of the molecule is Cc1cnc(NC(C)(C)C)c(C(=O)Cc2cnn3c2C(=O)N(c2ccc(C(F)(F)F)c(Cl)c2)C[C@@H]3C)c1. The molecule has 196 valence electrons. The molecule has 0 bridgehead atoms. The van der Waals surface area contributed by atoms with Gasteiger partial charge in [-0.05, 0) is 64.4 Å². The summed E-state index contributed by atoms with van der Waals surface area (Å²) in [6, 6.07) is 4.69. The fraction of sp³-hybridized carbons (Fsp3) is 0.385. The van der Waals surface area contributed by atoms with Crippen molar-refractivity contribution in [2.24, 2.45) is 0 Å². The van der Waals surface area contributed by atoms with Crippen LogP contribution >= 0.6 is 11.6 Å². The lowest BCUT2D eigenvalue weighted by molar-refractivity contribution is -0.137. The van der Waals surface area contributed by atoms with Crippen molar-refractivity contribution in [1.29, 1.82) is 0 Å². The minimum atomic E-state index is -4.60. The molecule has 3 aromatic rings. The number of benzene rings is 1. The molecule has 1 amide bonds. The van der Waals surface area contributed by atoms with Gasteiger partial charge in [-0.25, -0.2) is 4.98 Å². The first-order valence-electron chi connectivity index (χ1n) is 11.7. The number of nitrogens with zero attached hydrogens (tertiary/aromatic N) is 4. The van der Waals surface area contributed by atoms with Crippen LogP contribution in [0.15, 0.2) is 36.7 Å². The van der Waals surface area contributed by atoms with Crippen LogP contribution in [-0.2, 0) is 12.6 Å². The number of carbonyl (C=O) groups is 2. The van der Waals surface area contributed by atoms with Crippen molar-refractivity contribution in [3.63, 3.8) is 0 Å². The van der Waals surface area contributed by atoms with E-state index in [1.54, 1.807) is 16.9 Å². The van der Waals surface area contributed by atoms with Gasteiger partial charge in [-0.3, -0.25) is 14.3 Å². The quantitative estimate of drug-likeness (QED) is 0.400. The van der Waals surface area contributed by atoms with Gasteiger partial charge in [0.15, 0.2) is 5.78 Å². The van der Waals surface area contributed by atoms with Crippen molar-refractivity contribution >= 4 is 34.8 Å². The summed E-state index contributed by atoms with van der Waals surface area (Å²) in [6.07, 6.45) is -1.54. The molecule has 1 aromatic carbocycles. The number of aryl methyl sites for hydroxylation is 1. The van der Waals surface area contributed by atoms with E-state index in [0.717, 1.165) is 17.7 Å². The lowest BCUT2D eigenvalue weighted by Gasteiger charge is -2.32. The number of hydrogen-bond donors (Lipinski definition) is 1. The van der Waals surface area contributed by atoms with E-state index in [1.807, 2.05) is 34.6 Å². The number of halogens is 4. The van der Waals surface area contributed by atoms with Crippen molar-refractivity contribution in [2.45, 2.75) is 58.8 Å². The van der Waals surface area contributed by atoms with Crippen LogP contribution in [0.2, 0.25) is 5.02 Å². The molecule has 0 spiro atoms. The number of anilines is 2. The molecular formula is C26H27ClF3N5O2. The molecule has 7 nitrogen and oxygen atoms in total. The Labute approximate surface area is 217 Å². The first-order chi connectivity index (χ1) is 17.2. The summed E-state index contributed by atoms with van der Waals surface area (Å²) in [4.78, 5) is 32.7. The van der Waals surface area contributed by atoms with Gasteiger partial charge in [0, 0.05) is 36.0 Å². The first-order valence-corrected chi connectivity index (χ1v) is 12.1. The number of Topliss-reactive ketones (excluding diaryl/α,β-unsaturated/α-hetero) is 1. The van der Waals surface area contributed by atoms with E-state index in [4.69, 9.17) is 11.6 Å². The molecular weight excluding hydrogens is 507 g/mol. The van der Waals surface area contributed by atoms with Crippen LogP contribution in [0.25, 0.3) is 0 Å². The zero-order valence-corrected chi connectivity index (χ0v) is 21.8. The highest BCUT2D eigenvalue weighted by Gasteiger charge is 2.36. The third-order valence-electron chi connectivity index (χ3n) is 5.92. The number of aromatic nitrogens is 3. The van der Waals surface area contributed by atoms with Gasteiger partial charge in [0.25, 0.3) is 5.91 Å². The summed E-state index contributed by atoms with van der Waals surface area (Å²) in [5.74, 6) is -0.261. The Morgan fingerprint density at radius 3 is 2.51 bits per heavy atom. The summed E-state index contributed by atoms with van der Waals surface area (Å²) >= 11 is 5.91. The maximum atomic E-state index is 13.5. The minimum Gasteiger partial charge on any atom is -0.365 e. The van der Waals surface area contributed by atoms with Crippen LogP contribution in [-0.4, -0.2) is 38.5 Å². The lowest BCUT2D eigenvalue weighted by Crippen LogP contribution is -2.43. The van der Waals surface area contributed by atoms with E-state index in [-0.39, 0.29) is 41.7 Å². The molecule has 0 saturated heterocycles.